The molecule has 1 aliphatic carbocycles. The lowest BCUT2D eigenvalue weighted by Gasteiger charge is -2.06. The van der Waals surface area contributed by atoms with Crippen LogP contribution in [-0.4, -0.2) is 16.9 Å². The molecule has 1 fully saturated rings. The molecule has 1 amide bonds. The number of carbonyl (C=O) groups is 1. The van der Waals surface area contributed by atoms with Crippen molar-refractivity contribution in [3.05, 3.63) is 32.8 Å². The van der Waals surface area contributed by atoms with Gasteiger partial charge in [-0.1, -0.05) is 18.5 Å². The smallest absolute Gasteiger partial charge is 0.294 e. The maximum absolute atomic E-state index is 11.8. The number of halogens is 1. The Morgan fingerprint density at radius 2 is 2.22 bits per heavy atom. The molecule has 7 heteroatoms. The van der Waals surface area contributed by atoms with Crippen molar-refractivity contribution in [2.75, 3.05) is 5.73 Å². The summed E-state index contributed by atoms with van der Waals surface area (Å²) in [6.07, 6.45) is 0.927. The predicted octanol–water partition coefficient (Wildman–Crippen LogP) is 1.97. The molecular formula is C11H12ClN3O3. The van der Waals surface area contributed by atoms with Crippen LogP contribution in [0.25, 0.3) is 0 Å². The summed E-state index contributed by atoms with van der Waals surface area (Å²) >= 11 is 5.78. The van der Waals surface area contributed by atoms with Gasteiger partial charge in [-0.2, -0.15) is 0 Å². The summed E-state index contributed by atoms with van der Waals surface area (Å²) < 4.78 is 0. The highest BCUT2D eigenvalue weighted by Gasteiger charge is 2.34. The molecule has 0 aliphatic heterocycles. The second-order valence-electron chi connectivity index (χ2n) is 4.44. The monoisotopic (exact) mass is 269 g/mol. The first-order valence-electron chi connectivity index (χ1n) is 5.44. The van der Waals surface area contributed by atoms with Gasteiger partial charge in [0.15, 0.2) is 0 Å². The van der Waals surface area contributed by atoms with Gasteiger partial charge < -0.3 is 11.1 Å². The Morgan fingerprint density at radius 3 is 2.72 bits per heavy atom. The minimum atomic E-state index is -0.655. The first-order chi connectivity index (χ1) is 8.40. The zero-order valence-electron chi connectivity index (χ0n) is 9.64. The fourth-order valence-corrected chi connectivity index (χ4v) is 1.87. The molecule has 0 heterocycles. The van der Waals surface area contributed by atoms with Crippen LogP contribution >= 0.6 is 11.6 Å². The van der Waals surface area contributed by atoms with Gasteiger partial charge in [-0.3, -0.25) is 14.9 Å². The Balaban J connectivity index is 2.27. The minimum absolute atomic E-state index is 0.0122. The molecular weight excluding hydrogens is 258 g/mol. The average molecular weight is 270 g/mol. The van der Waals surface area contributed by atoms with Gasteiger partial charge in [0, 0.05) is 17.7 Å². The number of nitrogens with zero attached hydrogens (tertiary/aromatic N) is 1. The Kier molecular flexibility index (Phi) is 3.13. The summed E-state index contributed by atoms with van der Waals surface area (Å²) in [6.45, 7) is 2.02. The summed E-state index contributed by atoms with van der Waals surface area (Å²) in [6, 6.07) is 2.63. The predicted molar refractivity (Wildman–Crippen MR) is 67.6 cm³/mol. The number of rotatable bonds is 3. The van der Waals surface area contributed by atoms with Crippen LogP contribution in [0.4, 0.5) is 11.4 Å². The quantitative estimate of drug-likeness (QED) is 0.498. The molecule has 0 spiro atoms. The van der Waals surface area contributed by atoms with E-state index < -0.39 is 4.92 Å². The maximum Gasteiger partial charge on any atom is 0.294 e. The van der Waals surface area contributed by atoms with Crippen LogP contribution in [0.15, 0.2) is 12.1 Å². The van der Waals surface area contributed by atoms with Gasteiger partial charge in [0.05, 0.1) is 9.95 Å². The first kappa shape index (κ1) is 12.6. The van der Waals surface area contributed by atoms with Crippen molar-refractivity contribution in [3.8, 4) is 0 Å². The van der Waals surface area contributed by atoms with Gasteiger partial charge in [0.1, 0.15) is 5.69 Å². The molecule has 0 saturated heterocycles. The number of nitrogens with one attached hydrogen (secondary N) is 1. The summed E-state index contributed by atoms with van der Waals surface area (Å²) in [5.41, 5.74) is 5.16. The van der Waals surface area contributed by atoms with Gasteiger partial charge in [-0.05, 0) is 18.4 Å². The lowest BCUT2D eigenvalue weighted by atomic mass is 10.1. The lowest BCUT2D eigenvalue weighted by molar-refractivity contribution is -0.383. The molecule has 96 valence electrons. The lowest BCUT2D eigenvalue weighted by Crippen LogP contribution is -2.26. The van der Waals surface area contributed by atoms with Crippen molar-refractivity contribution in [1.82, 2.24) is 5.32 Å². The van der Waals surface area contributed by atoms with E-state index in [4.69, 9.17) is 17.3 Å². The largest absolute Gasteiger partial charge is 0.392 e. The molecule has 0 radical (unpaired) electrons. The molecule has 1 saturated carbocycles. The zero-order valence-corrected chi connectivity index (χ0v) is 10.4. The number of hydrogen-bond acceptors (Lipinski definition) is 4. The van der Waals surface area contributed by atoms with Crippen molar-refractivity contribution >= 4 is 28.9 Å². The van der Waals surface area contributed by atoms with E-state index in [1.165, 1.54) is 6.07 Å². The molecule has 6 nitrogen and oxygen atoms in total. The molecule has 0 bridgehead atoms. The summed E-state index contributed by atoms with van der Waals surface area (Å²) in [5, 5.41) is 13.6. The Morgan fingerprint density at radius 1 is 1.61 bits per heavy atom. The molecule has 3 N–H and O–H groups in total. The van der Waals surface area contributed by atoms with E-state index in [1.807, 2.05) is 6.92 Å². The third-order valence-corrected chi connectivity index (χ3v) is 3.31. The minimum Gasteiger partial charge on any atom is -0.392 e. The molecule has 2 unspecified atom stereocenters. The van der Waals surface area contributed by atoms with Crippen molar-refractivity contribution in [2.24, 2.45) is 5.92 Å². The van der Waals surface area contributed by atoms with Gasteiger partial charge >= 0.3 is 0 Å². The molecule has 2 atom stereocenters. The molecule has 2 rings (SSSR count). The van der Waals surface area contributed by atoms with Crippen LogP contribution in [0.2, 0.25) is 5.02 Å². The van der Waals surface area contributed by atoms with E-state index in [9.17, 15) is 14.9 Å². The highest BCUT2D eigenvalue weighted by molar-refractivity contribution is 6.34. The number of anilines is 1. The number of nitrogens with two attached hydrogens (primary N) is 1. The van der Waals surface area contributed by atoms with Gasteiger partial charge in [0.25, 0.3) is 11.6 Å². The Hall–Kier alpha value is -1.82. The Labute approximate surface area is 108 Å². The summed E-state index contributed by atoms with van der Waals surface area (Å²) in [4.78, 5) is 22.0. The van der Waals surface area contributed by atoms with Crippen LogP contribution in [0.1, 0.15) is 23.7 Å². The van der Waals surface area contributed by atoms with Gasteiger partial charge in [-0.15, -0.1) is 0 Å². The second kappa shape index (κ2) is 4.45. The second-order valence-corrected chi connectivity index (χ2v) is 4.85. The molecule has 0 aromatic heterocycles. The molecule has 1 aliphatic rings. The van der Waals surface area contributed by atoms with Crippen LogP contribution in [0.5, 0.6) is 0 Å². The number of nitro groups is 1. The molecule has 18 heavy (non-hydrogen) atoms. The topological polar surface area (TPSA) is 98.3 Å². The number of benzene rings is 1. The Bertz CT molecular complexity index is 533. The fourth-order valence-electron chi connectivity index (χ4n) is 1.66. The van der Waals surface area contributed by atoms with E-state index in [0.717, 1.165) is 12.5 Å². The van der Waals surface area contributed by atoms with E-state index in [-0.39, 0.29) is 33.9 Å². The summed E-state index contributed by atoms with van der Waals surface area (Å²) in [5.74, 6) is 0.0857. The number of nitrogen functional groups attached to an aromatic ring is 1. The highest BCUT2D eigenvalue weighted by atomic mass is 35.5. The van der Waals surface area contributed by atoms with E-state index in [2.05, 4.69) is 5.32 Å². The van der Waals surface area contributed by atoms with Gasteiger partial charge in [0.2, 0.25) is 0 Å². The number of nitro benzene ring substituents is 1. The maximum atomic E-state index is 11.8. The van der Waals surface area contributed by atoms with Crippen LogP contribution in [-0.2, 0) is 0 Å². The van der Waals surface area contributed by atoms with Gasteiger partial charge in [-0.25, -0.2) is 0 Å². The first-order valence-corrected chi connectivity index (χ1v) is 5.82. The SMILES string of the molecule is CC1CC1NC(=O)c1cc(Cl)c(N)c([N+](=O)[O-])c1. The third kappa shape index (κ3) is 2.38. The molecule has 1 aromatic carbocycles. The van der Waals surface area contributed by atoms with Crippen LogP contribution < -0.4 is 11.1 Å². The van der Waals surface area contributed by atoms with E-state index >= 15 is 0 Å². The van der Waals surface area contributed by atoms with Crippen molar-refractivity contribution in [3.63, 3.8) is 0 Å². The zero-order chi connectivity index (χ0) is 13.4. The standard InChI is InChI=1S/C11H12ClN3O3/c1-5-2-8(5)14-11(16)6-3-7(12)10(13)9(4-6)15(17)18/h3-5,8H,2,13H2,1H3,(H,14,16). The van der Waals surface area contributed by atoms with E-state index in [0.29, 0.717) is 5.92 Å². The van der Waals surface area contributed by atoms with Crippen LogP contribution in [0, 0.1) is 16.0 Å². The number of carbonyl (C=O) groups excluding carboxylic acids is 1. The summed E-state index contributed by atoms with van der Waals surface area (Å²) in [7, 11) is 0. The van der Waals surface area contributed by atoms with Crippen molar-refractivity contribution in [2.45, 2.75) is 19.4 Å². The van der Waals surface area contributed by atoms with Crippen LogP contribution in [0.3, 0.4) is 0 Å². The fraction of sp³-hybridized carbons (Fsp3) is 0.364. The third-order valence-electron chi connectivity index (χ3n) is 2.99. The highest BCUT2D eigenvalue weighted by Crippen LogP contribution is 2.32. The van der Waals surface area contributed by atoms with Crippen molar-refractivity contribution < 1.29 is 9.72 Å². The number of hydrogen-bond donors (Lipinski definition) is 2. The normalized spacial score (nSPS) is 21.4. The van der Waals surface area contributed by atoms with Crippen molar-refractivity contribution in [1.29, 1.82) is 0 Å². The molecule has 1 aromatic rings. The number of amides is 1. The van der Waals surface area contributed by atoms with E-state index in [1.54, 1.807) is 0 Å². The average Bonchev–Trinajstić information content (AvgIpc) is 2.97.